The minimum absolute atomic E-state index is 0.00463. The van der Waals surface area contributed by atoms with Gasteiger partial charge in [0.15, 0.2) is 0 Å². The van der Waals surface area contributed by atoms with Gasteiger partial charge in [0.25, 0.3) is 11.8 Å². The van der Waals surface area contributed by atoms with Crippen LogP contribution in [0.4, 0.5) is 4.39 Å². The van der Waals surface area contributed by atoms with E-state index in [0.717, 1.165) is 25.7 Å². The molecule has 1 aromatic carbocycles. The lowest BCUT2D eigenvalue weighted by atomic mass is 9.94. The molecule has 2 amide bonds. The Bertz CT molecular complexity index is 658. The van der Waals surface area contributed by atoms with E-state index < -0.39 is 23.2 Å². The van der Waals surface area contributed by atoms with Crippen molar-refractivity contribution in [3.05, 3.63) is 34.6 Å². The van der Waals surface area contributed by atoms with Crippen LogP contribution in [0.3, 0.4) is 0 Å². The molecule has 136 valence electrons. The van der Waals surface area contributed by atoms with Gasteiger partial charge in [-0.3, -0.25) is 9.59 Å². The molecule has 1 aromatic rings. The highest BCUT2D eigenvalue weighted by atomic mass is 35.5. The Kier molecular flexibility index (Phi) is 5.29. The zero-order valence-electron chi connectivity index (χ0n) is 13.9. The van der Waals surface area contributed by atoms with Crippen LogP contribution in [0, 0.1) is 5.82 Å². The third-order valence-electron chi connectivity index (χ3n) is 5.10. The molecule has 1 aliphatic heterocycles. The molecule has 1 saturated heterocycles. The van der Waals surface area contributed by atoms with Crippen molar-refractivity contribution in [2.24, 2.45) is 0 Å². The number of amides is 2. The molecule has 0 aromatic heterocycles. The van der Waals surface area contributed by atoms with Crippen LogP contribution in [-0.2, 0) is 16.1 Å². The third-order valence-corrected chi connectivity index (χ3v) is 5.31. The van der Waals surface area contributed by atoms with Gasteiger partial charge < -0.3 is 15.3 Å². The van der Waals surface area contributed by atoms with Gasteiger partial charge in [0.1, 0.15) is 5.82 Å². The highest BCUT2D eigenvalue weighted by molar-refractivity contribution is 6.30. The SMILES string of the molecule is O=C(NCc1cc(F)cc(Cl)c1)[C@]1(O)CCN(C2CCCCC2)C1=O. The van der Waals surface area contributed by atoms with Gasteiger partial charge in [-0.1, -0.05) is 30.9 Å². The van der Waals surface area contributed by atoms with E-state index in [0.29, 0.717) is 12.1 Å². The van der Waals surface area contributed by atoms with Gasteiger partial charge in [-0.25, -0.2) is 4.39 Å². The van der Waals surface area contributed by atoms with Gasteiger partial charge in [-0.05, 0) is 36.6 Å². The summed E-state index contributed by atoms with van der Waals surface area (Å²) in [5, 5.41) is 13.4. The average Bonchev–Trinajstić information content (AvgIpc) is 2.89. The van der Waals surface area contributed by atoms with E-state index in [2.05, 4.69) is 5.32 Å². The first-order chi connectivity index (χ1) is 11.9. The van der Waals surface area contributed by atoms with Gasteiger partial charge in [0, 0.05) is 30.6 Å². The lowest BCUT2D eigenvalue weighted by molar-refractivity contribution is -0.155. The Labute approximate surface area is 151 Å². The summed E-state index contributed by atoms with van der Waals surface area (Å²) in [7, 11) is 0. The molecular weight excluding hydrogens is 347 g/mol. The normalized spacial score (nSPS) is 24.6. The Morgan fingerprint density at radius 2 is 2.04 bits per heavy atom. The second-order valence-corrected chi connectivity index (χ2v) is 7.30. The van der Waals surface area contributed by atoms with Crippen LogP contribution in [0.25, 0.3) is 0 Å². The number of likely N-dealkylation sites (tertiary alicyclic amines) is 1. The first-order valence-corrected chi connectivity index (χ1v) is 9.05. The topological polar surface area (TPSA) is 69.6 Å². The largest absolute Gasteiger partial charge is 0.372 e. The number of halogens is 2. The summed E-state index contributed by atoms with van der Waals surface area (Å²) in [5.74, 6) is -1.76. The van der Waals surface area contributed by atoms with E-state index in [9.17, 15) is 19.1 Å². The third kappa shape index (κ3) is 3.80. The van der Waals surface area contributed by atoms with Crippen molar-refractivity contribution in [3.8, 4) is 0 Å². The van der Waals surface area contributed by atoms with Gasteiger partial charge in [0.05, 0.1) is 0 Å². The van der Waals surface area contributed by atoms with Crippen LogP contribution in [-0.4, -0.2) is 40.0 Å². The van der Waals surface area contributed by atoms with Crippen LogP contribution in [0.5, 0.6) is 0 Å². The van der Waals surface area contributed by atoms with Gasteiger partial charge in [-0.15, -0.1) is 0 Å². The Hall–Kier alpha value is -1.66. The Morgan fingerprint density at radius 1 is 1.32 bits per heavy atom. The van der Waals surface area contributed by atoms with E-state index in [1.54, 1.807) is 4.90 Å². The standard InChI is InChI=1S/C18H22ClFN2O3/c19-13-8-12(9-14(20)10-13)11-21-16(23)18(25)6-7-22(17(18)24)15-4-2-1-3-5-15/h8-10,15,25H,1-7,11H2,(H,21,23)/t18-/m1/s1. The predicted molar refractivity (Wildman–Crippen MR) is 91.4 cm³/mol. The molecule has 0 unspecified atom stereocenters. The number of nitrogens with zero attached hydrogens (tertiary/aromatic N) is 1. The number of aliphatic hydroxyl groups is 1. The molecule has 25 heavy (non-hydrogen) atoms. The molecule has 1 aliphatic carbocycles. The maximum Gasteiger partial charge on any atom is 0.264 e. The Morgan fingerprint density at radius 3 is 2.72 bits per heavy atom. The first kappa shape index (κ1) is 18.1. The fourth-order valence-corrected chi connectivity index (χ4v) is 3.97. The quantitative estimate of drug-likeness (QED) is 0.802. The van der Waals surface area contributed by atoms with Crippen molar-refractivity contribution >= 4 is 23.4 Å². The number of hydrogen-bond donors (Lipinski definition) is 2. The van der Waals surface area contributed by atoms with Gasteiger partial charge in [0.2, 0.25) is 5.60 Å². The molecule has 2 aliphatic rings. The number of carbonyl (C=O) groups is 2. The van der Waals surface area contributed by atoms with E-state index >= 15 is 0 Å². The fourth-order valence-electron chi connectivity index (χ4n) is 3.72. The molecule has 2 N–H and O–H groups in total. The maximum atomic E-state index is 13.3. The molecule has 2 fully saturated rings. The van der Waals surface area contributed by atoms with E-state index in [1.165, 1.54) is 24.6 Å². The van der Waals surface area contributed by atoms with Gasteiger partial charge >= 0.3 is 0 Å². The van der Waals surface area contributed by atoms with E-state index in [4.69, 9.17) is 11.6 Å². The van der Waals surface area contributed by atoms with Crippen molar-refractivity contribution in [1.29, 1.82) is 0 Å². The lowest BCUT2D eigenvalue weighted by Gasteiger charge is -2.32. The molecule has 1 heterocycles. The molecule has 0 radical (unpaired) electrons. The van der Waals surface area contributed by atoms with Crippen LogP contribution in [0.2, 0.25) is 5.02 Å². The smallest absolute Gasteiger partial charge is 0.264 e. The maximum absolute atomic E-state index is 13.3. The summed E-state index contributed by atoms with van der Waals surface area (Å²) in [6.07, 6.45) is 5.23. The van der Waals surface area contributed by atoms with Crippen molar-refractivity contribution < 1.29 is 19.1 Å². The molecule has 7 heteroatoms. The number of hydrogen-bond acceptors (Lipinski definition) is 3. The predicted octanol–water partition coefficient (Wildman–Crippen LogP) is 2.39. The molecular formula is C18H22ClFN2O3. The Balaban J connectivity index is 1.63. The molecule has 1 atom stereocenters. The van der Waals surface area contributed by atoms with Crippen LogP contribution >= 0.6 is 11.6 Å². The van der Waals surface area contributed by atoms with E-state index in [1.807, 2.05) is 0 Å². The fraction of sp³-hybridized carbons (Fsp3) is 0.556. The number of carbonyl (C=O) groups excluding carboxylic acids is 2. The second-order valence-electron chi connectivity index (χ2n) is 6.86. The lowest BCUT2D eigenvalue weighted by Crippen LogP contribution is -2.53. The molecule has 3 rings (SSSR count). The highest BCUT2D eigenvalue weighted by Crippen LogP contribution is 2.31. The zero-order chi connectivity index (χ0) is 18.0. The zero-order valence-corrected chi connectivity index (χ0v) is 14.7. The van der Waals surface area contributed by atoms with Crippen LogP contribution < -0.4 is 5.32 Å². The minimum Gasteiger partial charge on any atom is -0.372 e. The van der Waals surface area contributed by atoms with E-state index in [-0.39, 0.29) is 24.0 Å². The molecule has 1 saturated carbocycles. The number of nitrogens with one attached hydrogen (secondary N) is 1. The summed E-state index contributed by atoms with van der Waals surface area (Å²) in [4.78, 5) is 26.7. The highest BCUT2D eigenvalue weighted by Gasteiger charge is 2.52. The summed E-state index contributed by atoms with van der Waals surface area (Å²) in [6.45, 7) is 0.383. The summed E-state index contributed by atoms with van der Waals surface area (Å²) in [6, 6.07) is 4.06. The van der Waals surface area contributed by atoms with Crippen molar-refractivity contribution in [3.63, 3.8) is 0 Å². The summed E-state index contributed by atoms with van der Waals surface area (Å²) in [5.41, 5.74) is -1.56. The molecule has 0 spiro atoms. The average molecular weight is 369 g/mol. The monoisotopic (exact) mass is 368 g/mol. The summed E-state index contributed by atoms with van der Waals surface area (Å²) < 4.78 is 13.3. The second kappa shape index (κ2) is 7.30. The molecule has 5 nitrogen and oxygen atoms in total. The number of benzene rings is 1. The van der Waals surface area contributed by atoms with Gasteiger partial charge in [-0.2, -0.15) is 0 Å². The molecule has 0 bridgehead atoms. The minimum atomic E-state index is -2.03. The van der Waals surface area contributed by atoms with Crippen LogP contribution in [0.1, 0.15) is 44.1 Å². The van der Waals surface area contributed by atoms with Crippen molar-refractivity contribution in [2.75, 3.05) is 6.54 Å². The van der Waals surface area contributed by atoms with Crippen molar-refractivity contribution in [2.45, 2.75) is 56.7 Å². The van der Waals surface area contributed by atoms with Crippen molar-refractivity contribution in [1.82, 2.24) is 10.2 Å². The van der Waals surface area contributed by atoms with Crippen LogP contribution in [0.15, 0.2) is 18.2 Å². The summed E-state index contributed by atoms with van der Waals surface area (Å²) >= 11 is 5.79. The first-order valence-electron chi connectivity index (χ1n) is 8.67. The number of rotatable bonds is 4.